The van der Waals surface area contributed by atoms with E-state index in [2.05, 4.69) is 0 Å². The Kier molecular flexibility index (Phi) is 5.14. The van der Waals surface area contributed by atoms with Gasteiger partial charge in [-0.1, -0.05) is 56.5 Å². The van der Waals surface area contributed by atoms with Gasteiger partial charge in [0.15, 0.2) is 0 Å². The van der Waals surface area contributed by atoms with Crippen LogP contribution in [0.5, 0.6) is 0 Å². The molecule has 1 fully saturated rings. The average Bonchev–Trinajstić information content (AvgIpc) is 2.49. The Labute approximate surface area is 120 Å². The lowest BCUT2D eigenvalue weighted by Crippen LogP contribution is -2.46. The van der Waals surface area contributed by atoms with Crippen LogP contribution in [0.2, 0.25) is 0 Å². The van der Waals surface area contributed by atoms with Crippen LogP contribution in [0.3, 0.4) is 0 Å². The van der Waals surface area contributed by atoms with Gasteiger partial charge in [-0.3, -0.25) is 0 Å². The third kappa shape index (κ3) is 2.88. The zero-order chi connectivity index (χ0) is 14.6. The standard InChI is InChI=1S/C17H24F2O/c1-2-15(16(18)19)17(20,13-9-5-3-6-10-13)14-11-7-4-8-12-14/h3,5-6,9-10,14-16,20H,2,4,7-8,11-12H2,1H3. The van der Waals surface area contributed by atoms with Crippen molar-refractivity contribution in [3.63, 3.8) is 0 Å². The lowest BCUT2D eigenvalue weighted by molar-refractivity contribution is -0.136. The van der Waals surface area contributed by atoms with Gasteiger partial charge in [0.25, 0.3) is 0 Å². The van der Waals surface area contributed by atoms with E-state index in [0.717, 1.165) is 32.1 Å². The quantitative estimate of drug-likeness (QED) is 0.826. The summed E-state index contributed by atoms with van der Waals surface area (Å²) < 4.78 is 27.0. The first-order valence-electron chi connectivity index (χ1n) is 7.66. The van der Waals surface area contributed by atoms with Gasteiger partial charge in [-0.25, -0.2) is 8.78 Å². The minimum absolute atomic E-state index is 0.0578. The summed E-state index contributed by atoms with van der Waals surface area (Å²) in [5.74, 6) is -1.05. The normalized spacial score (nSPS) is 21.6. The van der Waals surface area contributed by atoms with E-state index in [1.807, 2.05) is 18.2 Å². The average molecular weight is 282 g/mol. The van der Waals surface area contributed by atoms with Gasteiger partial charge in [-0.15, -0.1) is 0 Å². The van der Waals surface area contributed by atoms with E-state index in [-0.39, 0.29) is 5.92 Å². The fraction of sp³-hybridized carbons (Fsp3) is 0.647. The third-order valence-corrected chi connectivity index (χ3v) is 4.77. The van der Waals surface area contributed by atoms with Crippen LogP contribution >= 0.6 is 0 Å². The van der Waals surface area contributed by atoms with Crippen molar-refractivity contribution >= 4 is 0 Å². The van der Waals surface area contributed by atoms with Crippen molar-refractivity contribution in [3.8, 4) is 0 Å². The largest absolute Gasteiger partial charge is 0.384 e. The molecule has 0 amide bonds. The van der Waals surface area contributed by atoms with Gasteiger partial charge in [0, 0.05) is 0 Å². The Morgan fingerprint density at radius 3 is 2.25 bits per heavy atom. The molecule has 112 valence electrons. The maximum absolute atomic E-state index is 13.5. The zero-order valence-electron chi connectivity index (χ0n) is 12.1. The number of benzene rings is 1. The smallest absolute Gasteiger partial charge is 0.244 e. The summed E-state index contributed by atoms with van der Waals surface area (Å²) in [6, 6.07) is 9.08. The first-order valence-corrected chi connectivity index (χ1v) is 7.66. The number of halogens is 2. The van der Waals surface area contributed by atoms with Gasteiger partial charge in [-0.05, 0) is 30.7 Å². The van der Waals surface area contributed by atoms with E-state index in [0.29, 0.717) is 12.0 Å². The molecule has 3 heteroatoms. The van der Waals surface area contributed by atoms with Crippen LogP contribution < -0.4 is 0 Å². The first kappa shape index (κ1) is 15.4. The van der Waals surface area contributed by atoms with Crippen LogP contribution in [0.25, 0.3) is 0 Å². The number of aliphatic hydroxyl groups is 1. The maximum atomic E-state index is 13.5. The summed E-state index contributed by atoms with van der Waals surface area (Å²) in [4.78, 5) is 0. The maximum Gasteiger partial charge on any atom is 0.244 e. The highest BCUT2D eigenvalue weighted by Gasteiger charge is 2.48. The van der Waals surface area contributed by atoms with Crippen LogP contribution in [-0.2, 0) is 5.60 Å². The third-order valence-electron chi connectivity index (χ3n) is 4.77. The van der Waals surface area contributed by atoms with Crippen molar-refractivity contribution in [1.82, 2.24) is 0 Å². The van der Waals surface area contributed by atoms with Gasteiger partial charge in [0.1, 0.15) is 5.60 Å². The van der Waals surface area contributed by atoms with E-state index in [1.54, 1.807) is 19.1 Å². The highest BCUT2D eigenvalue weighted by molar-refractivity contribution is 5.25. The summed E-state index contributed by atoms with van der Waals surface area (Å²) in [5, 5.41) is 11.3. The molecular formula is C17H24F2O. The molecule has 0 saturated heterocycles. The molecule has 0 spiro atoms. The van der Waals surface area contributed by atoms with Gasteiger partial charge in [0.2, 0.25) is 6.43 Å². The second kappa shape index (κ2) is 6.66. The second-order valence-corrected chi connectivity index (χ2v) is 5.88. The molecule has 1 N–H and O–H groups in total. The van der Waals surface area contributed by atoms with Crippen LogP contribution in [0.1, 0.15) is 51.0 Å². The minimum atomic E-state index is -2.49. The number of hydrogen-bond acceptors (Lipinski definition) is 1. The molecule has 1 nitrogen and oxygen atoms in total. The van der Waals surface area contributed by atoms with E-state index in [4.69, 9.17) is 0 Å². The molecule has 1 aromatic carbocycles. The fourth-order valence-corrected chi connectivity index (χ4v) is 3.68. The Bertz CT molecular complexity index is 401. The second-order valence-electron chi connectivity index (χ2n) is 5.88. The van der Waals surface area contributed by atoms with Crippen molar-refractivity contribution in [2.45, 2.75) is 57.5 Å². The number of alkyl halides is 2. The van der Waals surface area contributed by atoms with E-state index in [9.17, 15) is 13.9 Å². The molecule has 0 heterocycles. The lowest BCUT2D eigenvalue weighted by Gasteiger charge is -2.44. The summed E-state index contributed by atoms with van der Waals surface area (Å²) >= 11 is 0. The molecule has 2 rings (SSSR count). The van der Waals surface area contributed by atoms with E-state index in [1.165, 1.54) is 0 Å². The SMILES string of the molecule is CCC(C(F)F)C(O)(c1ccccc1)C1CCCCC1. The van der Waals surface area contributed by atoms with Crippen molar-refractivity contribution in [2.24, 2.45) is 11.8 Å². The summed E-state index contributed by atoms with van der Waals surface area (Å²) in [6.07, 6.45) is 2.68. The predicted molar refractivity (Wildman–Crippen MR) is 76.7 cm³/mol. The molecule has 2 unspecified atom stereocenters. The Balaban J connectivity index is 2.41. The highest BCUT2D eigenvalue weighted by atomic mass is 19.3. The fourth-order valence-electron chi connectivity index (χ4n) is 3.68. The van der Waals surface area contributed by atoms with Crippen molar-refractivity contribution in [3.05, 3.63) is 35.9 Å². The van der Waals surface area contributed by atoms with Crippen molar-refractivity contribution in [2.75, 3.05) is 0 Å². The molecule has 0 aromatic heterocycles. The molecule has 0 bridgehead atoms. The van der Waals surface area contributed by atoms with Crippen molar-refractivity contribution < 1.29 is 13.9 Å². The van der Waals surface area contributed by atoms with Gasteiger partial charge >= 0.3 is 0 Å². The topological polar surface area (TPSA) is 20.2 Å². The van der Waals surface area contributed by atoms with Crippen LogP contribution in [-0.4, -0.2) is 11.5 Å². The Hall–Kier alpha value is -0.960. The molecule has 1 aliphatic rings. The first-order chi connectivity index (χ1) is 9.60. The molecule has 0 aliphatic heterocycles. The highest BCUT2D eigenvalue weighted by Crippen LogP contribution is 2.47. The summed E-state index contributed by atoms with van der Waals surface area (Å²) in [5.41, 5.74) is -0.746. The Morgan fingerprint density at radius 2 is 1.75 bits per heavy atom. The molecule has 1 saturated carbocycles. The number of rotatable bonds is 5. The van der Waals surface area contributed by atoms with Gasteiger partial charge in [-0.2, -0.15) is 0 Å². The number of hydrogen-bond donors (Lipinski definition) is 1. The van der Waals surface area contributed by atoms with E-state index >= 15 is 0 Å². The predicted octanol–water partition coefficient (Wildman–Crippen LogP) is 4.75. The molecule has 20 heavy (non-hydrogen) atoms. The van der Waals surface area contributed by atoms with Crippen LogP contribution in [0.15, 0.2) is 30.3 Å². The van der Waals surface area contributed by atoms with Crippen LogP contribution in [0, 0.1) is 11.8 Å². The molecule has 0 radical (unpaired) electrons. The van der Waals surface area contributed by atoms with Crippen LogP contribution in [0.4, 0.5) is 8.78 Å². The minimum Gasteiger partial charge on any atom is -0.384 e. The monoisotopic (exact) mass is 282 g/mol. The summed E-state index contributed by atoms with van der Waals surface area (Å²) in [6.45, 7) is 1.74. The lowest BCUT2D eigenvalue weighted by atomic mass is 9.66. The molecular weight excluding hydrogens is 258 g/mol. The van der Waals surface area contributed by atoms with E-state index < -0.39 is 17.9 Å². The molecule has 1 aromatic rings. The molecule has 1 aliphatic carbocycles. The molecule has 2 atom stereocenters. The Morgan fingerprint density at radius 1 is 1.15 bits per heavy atom. The zero-order valence-corrected chi connectivity index (χ0v) is 12.1. The van der Waals surface area contributed by atoms with Gasteiger partial charge in [0.05, 0.1) is 5.92 Å². The van der Waals surface area contributed by atoms with Crippen molar-refractivity contribution in [1.29, 1.82) is 0 Å². The van der Waals surface area contributed by atoms with Gasteiger partial charge < -0.3 is 5.11 Å². The summed E-state index contributed by atoms with van der Waals surface area (Å²) in [7, 11) is 0.